The van der Waals surface area contributed by atoms with Gasteiger partial charge in [-0.2, -0.15) is 4.31 Å². The number of rotatable bonds is 4. The molecule has 0 saturated carbocycles. The normalized spacial score (nSPS) is 19.8. The van der Waals surface area contributed by atoms with Gasteiger partial charge in [0.25, 0.3) is 0 Å². The molecular formula is C14H21N3O5S3. The van der Waals surface area contributed by atoms with Crippen molar-refractivity contribution in [1.29, 1.82) is 0 Å². The lowest BCUT2D eigenvalue weighted by Crippen LogP contribution is -2.52. The van der Waals surface area contributed by atoms with E-state index in [4.69, 9.17) is 5.14 Å². The first-order valence-corrected chi connectivity index (χ1v) is 11.5. The lowest BCUT2D eigenvalue weighted by atomic mass is 10.1. The molecule has 1 amide bonds. The van der Waals surface area contributed by atoms with Gasteiger partial charge in [0.2, 0.25) is 26.0 Å². The Kier molecular flexibility index (Phi) is 5.55. The minimum atomic E-state index is -4.04. The summed E-state index contributed by atoms with van der Waals surface area (Å²) in [6.07, 6.45) is 0. The minimum absolute atomic E-state index is 0.115. The second kappa shape index (κ2) is 6.88. The molecule has 2 rings (SSSR count). The fourth-order valence-electron chi connectivity index (χ4n) is 2.27. The fourth-order valence-corrected chi connectivity index (χ4v) is 6.10. The third kappa shape index (κ3) is 4.73. The Balaban J connectivity index is 2.37. The van der Waals surface area contributed by atoms with Crippen LogP contribution in [-0.4, -0.2) is 50.3 Å². The van der Waals surface area contributed by atoms with Crippen molar-refractivity contribution in [2.45, 2.75) is 42.1 Å². The molecule has 1 unspecified atom stereocenters. The van der Waals surface area contributed by atoms with Crippen molar-refractivity contribution in [1.82, 2.24) is 9.62 Å². The van der Waals surface area contributed by atoms with Crippen LogP contribution in [0, 0.1) is 0 Å². The molecule has 3 N–H and O–H groups in total. The molecule has 140 valence electrons. The number of nitrogens with one attached hydrogen (secondary N) is 1. The number of nitrogens with zero attached hydrogens (tertiary/aromatic N) is 1. The van der Waals surface area contributed by atoms with Gasteiger partial charge >= 0.3 is 0 Å². The van der Waals surface area contributed by atoms with E-state index in [-0.39, 0.29) is 21.6 Å². The van der Waals surface area contributed by atoms with Crippen LogP contribution in [0.4, 0.5) is 0 Å². The van der Waals surface area contributed by atoms with E-state index in [1.165, 1.54) is 30.0 Å². The number of hydrogen-bond donors (Lipinski definition) is 2. The molecule has 1 aromatic rings. The van der Waals surface area contributed by atoms with E-state index in [0.717, 1.165) is 10.4 Å². The zero-order valence-corrected chi connectivity index (χ0v) is 16.5. The van der Waals surface area contributed by atoms with Gasteiger partial charge in [0.15, 0.2) is 0 Å². The fraction of sp³-hybridized carbons (Fsp3) is 0.500. The summed E-state index contributed by atoms with van der Waals surface area (Å²) in [5, 5.41) is 7.84. The van der Waals surface area contributed by atoms with Crippen molar-refractivity contribution in [3.05, 3.63) is 24.3 Å². The Hall–Kier alpha value is -1.14. The van der Waals surface area contributed by atoms with Gasteiger partial charge in [-0.15, -0.1) is 11.8 Å². The van der Waals surface area contributed by atoms with Crippen LogP contribution in [0.15, 0.2) is 34.1 Å². The molecule has 0 radical (unpaired) electrons. The van der Waals surface area contributed by atoms with E-state index in [1.807, 2.05) is 0 Å². The highest BCUT2D eigenvalue weighted by atomic mass is 32.2. The molecule has 1 aliphatic rings. The summed E-state index contributed by atoms with van der Waals surface area (Å²) in [5.41, 5.74) is -0.493. The average molecular weight is 408 g/mol. The van der Waals surface area contributed by atoms with Crippen LogP contribution in [0.25, 0.3) is 0 Å². The van der Waals surface area contributed by atoms with Crippen molar-refractivity contribution < 1.29 is 21.6 Å². The summed E-state index contributed by atoms with van der Waals surface area (Å²) in [4.78, 5) is 11.9. The maximum absolute atomic E-state index is 12.9. The molecule has 0 aromatic heterocycles. The van der Waals surface area contributed by atoms with E-state index >= 15 is 0 Å². The highest BCUT2D eigenvalue weighted by Gasteiger charge is 2.41. The number of hydrogen-bond acceptors (Lipinski definition) is 6. The van der Waals surface area contributed by atoms with Crippen LogP contribution < -0.4 is 10.5 Å². The van der Waals surface area contributed by atoms with Crippen molar-refractivity contribution >= 4 is 37.7 Å². The third-order valence-electron chi connectivity index (χ3n) is 3.38. The number of benzene rings is 1. The van der Waals surface area contributed by atoms with Gasteiger partial charge in [-0.1, -0.05) is 6.07 Å². The zero-order chi connectivity index (χ0) is 19.0. The maximum atomic E-state index is 12.9. The molecule has 0 bridgehead atoms. The van der Waals surface area contributed by atoms with E-state index < -0.39 is 31.6 Å². The molecule has 25 heavy (non-hydrogen) atoms. The molecule has 0 aliphatic carbocycles. The lowest BCUT2D eigenvalue weighted by Gasteiger charge is -2.27. The van der Waals surface area contributed by atoms with Gasteiger partial charge in [-0.3, -0.25) is 4.79 Å². The van der Waals surface area contributed by atoms with E-state index in [1.54, 1.807) is 20.8 Å². The largest absolute Gasteiger partial charge is 0.350 e. The number of thioether (sulfide) groups is 1. The predicted octanol–water partition coefficient (Wildman–Crippen LogP) is 0.312. The Morgan fingerprint density at radius 2 is 1.84 bits per heavy atom. The first-order valence-electron chi connectivity index (χ1n) is 7.37. The van der Waals surface area contributed by atoms with Crippen LogP contribution in [0.5, 0.6) is 0 Å². The van der Waals surface area contributed by atoms with Gasteiger partial charge in [-0.05, 0) is 39.0 Å². The SMILES string of the molecule is CC(C)(C)NC(=O)C1CSCN1S(=O)(=O)c1cccc(S(N)(=O)=O)c1. The van der Waals surface area contributed by atoms with Gasteiger partial charge in [0.1, 0.15) is 6.04 Å². The van der Waals surface area contributed by atoms with Crippen LogP contribution in [-0.2, 0) is 24.8 Å². The van der Waals surface area contributed by atoms with Crippen molar-refractivity contribution in [2.24, 2.45) is 5.14 Å². The smallest absolute Gasteiger partial charge is 0.244 e. The summed E-state index contributed by atoms with van der Waals surface area (Å²) in [5.74, 6) is 0.0591. The first kappa shape index (κ1) is 20.2. The van der Waals surface area contributed by atoms with Crippen LogP contribution in [0.1, 0.15) is 20.8 Å². The standard InChI is InChI=1S/C14H21N3O5S3/c1-14(2,3)16-13(18)12-8-23-9-17(12)25(21,22)11-6-4-5-10(7-11)24(15,19)20/h4-7,12H,8-9H2,1-3H3,(H,16,18)(H2,15,19,20). The molecule has 1 fully saturated rings. The second-order valence-electron chi connectivity index (χ2n) is 6.67. The summed E-state index contributed by atoms with van der Waals surface area (Å²) >= 11 is 1.32. The van der Waals surface area contributed by atoms with Gasteiger partial charge in [0, 0.05) is 11.3 Å². The topological polar surface area (TPSA) is 127 Å². The monoisotopic (exact) mass is 407 g/mol. The van der Waals surface area contributed by atoms with Crippen LogP contribution >= 0.6 is 11.8 Å². The number of nitrogens with two attached hydrogens (primary N) is 1. The highest BCUT2D eigenvalue weighted by Crippen LogP contribution is 2.29. The molecule has 8 nitrogen and oxygen atoms in total. The summed E-state index contributed by atoms with van der Waals surface area (Å²) in [6, 6.07) is 3.96. The Morgan fingerprint density at radius 3 is 2.40 bits per heavy atom. The maximum Gasteiger partial charge on any atom is 0.244 e. The van der Waals surface area contributed by atoms with Crippen molar-refractivity contribution in [2.75, 3.05) is 11.6 Å². The molecule has 0 spiro atoms. The quantitative estimate of drug-likeness (QED) is 0.740. The van der Waals surface area contributed by atoms with E-state index in [0.29, 0.717) is 5.75 Å². The molecule has 1 heterocycles. The van der Waals surface area contributed by atoms with Crippen molar-refractivity contribution in [3.8, 4) is 0 Å². The molecule has 1 saturated heterocycles. The number of carbonyl (C=O) groups excluding carboxylic acids is 1. The van der Waals surface area contributed by atoms with E-state index in [9.17, 15) is 21.6 Å². The molecule has 1 aliphatic heterocycles. The van der Waals surface area contributed by atoms with Gasteiger partial charge in [-0.25, -0.2) is 22.0 Å². The van der Waals surface area contributed by atoms with Gasteiger partial charge in [0.05, 0.1) is 15.7 Å². The summed E-state index contributed by atoms with van der Waals surface area (Å²) in [7, 11) is -8.07. The molecule has 1 aromatic carbocycles. The number of primary sulfonamides is 1. The second-order valence-corrected chi connectivity index (χ2v) is 11.1. The average Bonchev–Trinajstić information content (AvgIpc) is 2.95. The Morgan fingerprint density at radius 1 is 1.24 bits per heavy atom. The highest BCUT2D eigenvalue weighted by molar-refractivity contribution is 8.00. The Bertz CT molecular complexity index is 875. The zero-order valence-electron chi connectivity index (χ0n) is 14.1. The number of amides is 1. The summed E-state index contributed by atoms with van der Waals surface area (Å²) in [6.45, 7) is 5.42. The van der Waals surface area contributed by atoms with Gasteiger partial charge < -0.3 is 5.32 Å². The van der Waals surface area contributed by atoms with Crippen LogP contribution in [0.3, 0.4) is 0 Å². The third-order valence-corrected chi connectivity index (χ3v) is 7.32. The lowest BCUT2D eigenvalue weighted by molar-refractivity contribution is -0.125. The molecular weight excluding hydrogens is 386 g/mol. The molecule has 1 atom stereocenters. The van der Waals surface area contributed by atoms with Crippen LogP contribution in [0.2, 0.25) is 0 Å². The number of sulfonamides is 2. The minimum Gasteiger partial charge on any atom is -0.350 e. The van der Waals surface area contributed by atoms with Crippen molar-refractivity contribution in [3.63, 3.8) is 0 Å². The molecule has 11 heteroatoms. The predicted molar refractivity (Wildman–Crippen MR) is 95.8 cm³/mol. The first-order chi connectivity index (χ1) is 11.3. The number of carbonyl (C=O) groups is 1. The van der Waals surface area contributed by atoms with E-state index in [2.05, 4.69) is 5.32 Å². The Labute approximate surface area is 152 Å². The summed E-state index contributed by atoms with van der Waals surface area (Å²) < 4.78 is 49.8.